The molecule has 1 aromatic carbocycles. The van der Waals surface area contributed by atoms with Crippen LogP contribution >= 0.6 is 10.7 Å². The smallest absolute Gasteiger partial charge is 0.224 e. The SMILES string of the molecule is O=S(=O)(Cl)CCS(=O)(=O)c1ccc(S(=O)(=O)C(F)F)cc1. The number of sulfone groups is 2. The fourth-order valence-electron chi connectivity index (χ4n) is 1.27. The molecule has 0 aliphatic heterocycles. The summed E-state index contributed by atoms with van der Waals surface area (Å²) in [5, 5.41) is 0. The third kappa shape index (κ3) is 4.87. The molecule has 0 N–H and O–H groups in total. The standard InChI is InChI=1S/C9H9ClF2O6S3/c10-20(15,16)6-5-19(13,14)7-1-3-8(4-2-7)21(17,18)9(11)12/h1-4,9H,5-6H2. The average molecular weight is 383 g/mol. The van der Waals surface area contributed by atoms with Gasteiger partial charge in [-0.3, -0.25) is 0 Å². The molecule has 0 unspecified atom stereocenters. The van der Waals surface area contributed by atoms with Gasteiger partial charge in [0.1, 0.15) is 0 Å². The maximum absolute atomic E-state index is 12.3. The van der Waals surface area contributed by atoms with E-state index < -0.39 is 55.8 Å². The largest absolute Gasteiger partial charge is 0.341 e. The van der Waals surface area contributed by atoms with Crippen molar-refractivity contribution in [3.63, 3.8) is 0 Å². The van der Waals surface area contributed by atoms with Crippen molar-refractivity contribution >= 4 is 39.4 Å². The van der Waals surface area contributed by atoms with Crippen molar-refractivity contribution in [2.45, 2.75) is 15.5 Å². The van der Waals surface area contributed by atoms with Crippen molar-refractivity contribution in [2.24, 2.45) is 0 Å². The van der Waals surface area contributed by atoms with Crippen LogP contribution in [0.2, 0.25) is 0 Å². The minimum atomic E-state index is -4.82. The Balaban J connectivity index is 3.08. The van der Waals surface area contributed by atoms with E-state index in [1.54, 1.807) is 0 Å². The molecule has 0 fully saturated rings. The molecule has 0 atom stereocenters. The Labute approximate surface area is 125 Å². The summed E-state index contributed by atoms with van der Waals surface area (Å²) in [5.74, 6) is -5.25. The summed E-state index contributed by atoms with van der Waals surface area (Å²) in [6, 6.07) is 3.05. The first kappa shape index (κ1) is 18.3. The molecule has 1 aromatic rings. The molecular weight excluding hydrogens is 374 g/mol. The Morgan fingerprint density at radius 3 is 1.67 bits per heavy atom. The summed E-state index contributed by atoms with van der Waals surface area (Å²) in [4.78, 5) is -1.13. The van der Waals surface area contributed by atoms with Crippen LogP contribution in [0.25, 0.3) is 0 Å². The van der Waals surface area contributed by atoms with E-state index in [0.29, 0.717) is 12.1 Å². The van der Waals surface area contributed by atoms with Gasteiger partial charge < -0.3 is 0 Å². The molecular formula is C9H9ClF2O6S3. The lowest BCUT2D eigenvalue weighted by atomic mass is 10.4. The topological polar surface area (TPSA) is 102 Å². The van der Waals surface area contributed by atoms with Gasteiger partial charge in [0.25, 0.3) is 0 Å². The number of halogens is 3. The van der Waals surface area contributed by atoms with Crippen LogP contribution in [-0.2, 0) is 28.7 Å². The monoisotopic (exact) mass is 382 g/mol. The van der Waals surface area contributed by atoms with Crippen molar-refractivity contribution in [2.75, 3.05) is 11.5 Å². The molecule has 0 bridgehead atoms. The zero-order valence-corrected chi connectivity index (χ0v) is 13.3. The fourth-order valence-corrected chi connectivity index (χ4v) is 5.02. The molecule has 12 heteroatoms. The maximum atomic E-state index is 12.3. The Morgan fingerprint density at radius 1 is 0.857 bits per heavy atom. The zero-order chi connectivity index (χ0) is 16.5. The van der Waals surface area contributed by atoms with Crippen molar-refractivity contribution in [1.82, 2.24) is 0 Å². The third-order valence-corrected chi connectivity index (χ3v) is 6.89. The van der Waals surface area contributed by atoms with Crippen LogP contribution in [0, 0.1) is 0 Å². The summed E-state index contributed by atoms with van der Waals surface area (Å²) in [7, 11) is -7.96. The van der Waals surface area contributed by atoms with E-state index in [-0.39, 0.29) is 0 Å². The maximum Gasteiger partial charge on any atom is 0.341 e. The van der Waals surface area contributed by atoms with Gasteiger partial charge >= 0.3 is 5.76 Å². The highest BCUT2D eigenvalue weighted by Gasteiger charge is 2.27. The van der Waals surface area contributed by atoms with Crippen LogP contribution in [0.5, 0.6) is 0 Å². The normalized spacial score (nSPS) is 13.5. The van der Waals surface area contributed by atoms with Crippen molar-refractivity contribution < 1.29 is 34.0 Å². The van der Waals surface area contributed by atoms with E-state index in [9.17, 15) is 34.0 Å². The molecule has 1 rings (SSSR count). The van der Waals surface area contributed by atoms with Crippen LogP contribution in [-0.4, -0.2) is 42.5 Å². The van der Waals surface area contributed by atoms with Gasteiger partial charge in [-0.2, -0.15) is 8.78 Å². The number of hydrogen-bond acceptors (Lipinski definition) is 6. The van der Waals surface area contributed by atoms with E-state index in [4.69, 9.17) is 10.7 Å². The Hall–Kier alpha value is -0.780. The second-order valence-corrected chi connectivity index (χ2v) is 10.8. The van der Waals surface area contributed by atoms with Gasteiger partial charge in [0.05, 0.1) is 21.3 Å². The molecule has 0 aromatic heterocycles. The highest BCUT2D eigenvalue weighted by atomic mass is 35.7. The molecule has 21 heavy (non-hydrogen) atoms. The predicted molar refractivity (Wildman–Crippen MR) is 71.3 cm³/mol. The number of benzene rings is 1. The summed E-state index contributed by atoms with van der Waals surface area (Å²) < 4.78 is 91.8. The van der Waals surface area contributed by atoms with E-state index in [1.807, 2.05) is 0 Å². The van der Waals surface area contributed by atoms with Gasteiger partial charge in [-0.05, 0) is 24.3 Å². The van der Waals surface area contributed by atoms with Gasteiger partial charge in [0.2, 0.25) is 18.9 Å². The third-order valence-electron chi connectivity index (χ3n) is 2.34. The average Bonchev–Trinajstić information content (AvgIpc) is 2.36. The molecule has 0 saturated carbocycles. The quantitative estimate of drug-likeness (QED) is 0.681. The molecule has 0 spiro atoms. The van der Waals surface area contributed by atoms with Crippen molar-refractivity contribution in [3.05, 3.63) is 24.3 Å². The minimum absolute atomic E-state index is 0.393. The Kier molecular flexibility index (Phi) is 5.35. The van der Waals surface area contributed by atoms with E-state index in [0.717, 1.165) is 12.1 Å². The van der Waals surface area contributed by atoms with Crippen LogP contribution in [0.3, 0.4) is 0 Å². The van der Waals surface area contributed by atoms with Gasteiger partial charge in [-0.25, -0.2) is 25.3 Å². The lowest BCUT2D eigenvalue weighted by Gasteiger charge is -2.06. The highest BCUT2D eigenvalue weighted by Crippen LogP contribution is 2.21. The second kappa shape index (κ2) is 6.15. The zero-order valence-electron chi connectivity index (χ0n) is 10.1. The van der Waals surface area contributed by atoms with Crippen LogP contribution in [0.15, 0.2) is 34.1 Å². The lowest BCUT2D eigenvalue weighted by molar-refractivity contribution is 0.234. The summed E-state index contributed by atoms with van der Waals surface area (Å²) >= 11 is 0. The number of hydrogen-bond donors (Lipinski definition) is 0. The first-order valence-corrected chi connectivity index (χ1v) is 10.8. The van der Waals surface area contributed by atoms with Gasteiger partial charge in [-0.15, -0.1) is 0 Å². The minimum Gasteiger partial charge on any atom is -0.224 e. The molecule has 6 nitrogen and oxygen atoms in total. The second-order valence-electron chi connectivity index (χ2n) is 3.84. The Bertz CT molecular complexity index is 813. The molecule has 0 radical (unpaired) electrons. The molecule has 0 aliphatic rings. The van der Waals surface area contributed by atoms with Gasteiger partial charge in [0, 0.05) is 10.7 Å². The summed E-state index contributed by atoms with van der Waals surface area (Å²) in [6.07, 6.45) is 0. The predicted octanol–water partition coefficient (Wildman–Crippen LogP) is 1.03. The van der Waals surface area contributed by atoms with E-state index in [1.165, 1.54) is 0 Å². The fraction of sp³-hybridized carbons (Fsp3) is 0.333. The van der Waals surface area contributed by atoms with Crippen LogP contribution < -0.4 is 0 Å². The number of alkyl halides is 2. The van der Waals surface area contributed by atoms with E-state index in [2.05, 4.69) is 0 Å². The van der Waals surface area contributed by atoms with Crippen molar-refractivity contribution in [3.8, 4) is 0 Å². The molecule has 0 amide bonds. The summed E-state index contributed by atoms with van der Waals surface area (Å²) in [5.41, 5.74) is 0. The first-order chi connectivity index (χ1) is 9.36. The number of rotatable bonds is 6. The van der Waals surface area contributed by atoms with Gasteiger partial charge in [0.15, 0.2) is 9.84 Å². The van der Waals surface area contributed by atoms with Crippen LogP contribution in [0.1, 0.15) is 0 Å². The molecule has 0 heterocycles. The lowest BCUT2D eigenvalue weighted by Crippen LogP contribution is -2.15. The molecule has 120 valence electrons. The first-order valence-electron chi connectivity index (χ1n) is 5.13. The molecule has 0 aliphatic carbocycles. The van der Waals surface area contributed by atoms with Crippen molar-refractivity contribution in [1.29, 1.82) is 0 Å². The Morgan fingerprint density at radius 2 is 1.29 bits per heavy atom. The highest BCUT2D eigenvalue weighted by molar-refractivity contribution is 8.14. The summed E-state index contributed by atoms with van der Waals surface area (Å²) in [6.45, 7) is 0. The molecule has 0 saturated heterocycles. The van der Waals surface area contributed by atoms with Crippen LogP contribution in [0.4, 0.5) is 8.78 Å². The van der Waals surface area contributed by atoms with Gasteiger partial charge in [-0.1, -0.05) is 0 Å². The van der Waals surface area contributed by atoms with E-state index >= 15 is 0 Å².